The molecule has 2 aromatic rings. The first-order valence-corrected chi connectivity index (χ1v) is 8.65. The molecule has 1 aromatic heterocycles. The van der Waals surface area contributed by atoms with E-state index >= 15 is 0 Å². The maximum absolute atomic E-state index is 10.5. The Bertz CT molecular complexity index is 693. The van der Waals surface area contributed by atoms with Gasteiger partial charge in [0.2, 0.25) is 0 Å². The van der Waals surface area contributed by atoms with Crippen molar-refractivity contribution in [2.24, 2.45) is 13.0 Å². The molecule has 126 valence electrons. The number of piperidine rings is 1. The van der Waals surface area contributed by atoms with Crippen LogP contribution in [0.4, 0.5) is 0 Å². The standard InChI is InChI=1S/C20H25N3O/c1-22-14-17(11-19(22)13-21)15-23-9-7-18(8-10-23)20(24)12-16-5-3-2-4-6-16/h2-6,11,14,18,20,24H,7-10,12,15H2,1H3/t20-/m0/s1. The number of rotatable bonds is 5. The van der Waals surface area contributed by atoms with Gasteiger partial charge in [0.05, 0.1) is 6.10 Å². The van der Waals surface area contributed by atoms with Gasteiger partial charge in [0.25, 0.3) is 0 Å². The number of hydrogen-bond donors (Lipinski definition) is 1. The zero-order chi connectivity index (χ0) is 16.9. The molecule has 1 saturated heterocycles. The summed E-state index contributed by atoms with van der Waals surface area (Å²) in [5.74, 6) is 0.381. The van der Waals surface area contributed by atoms with Gasteiger partial charge in [-0.15, -0.1) is 0 Å². The summed E-state index contributed by atoms with van der Waals surface area (Å²) in [5, 5.41) is 19.6. The van der Waals surface area contributed by atoms with Crippen LogP contribution in [0.15, 0.2) is 42.6 Å². The molecule has 1 aromatic carbocycles. The van der Waals surface area contributed by atoms with Crippen molar-refractivity contribution in [2.75, 3.05) is 13.1 Å². The number of aliphatic hydroxyl groups excluding tert-OH is 1. The van der Waals surface area contributed by atoms with Crippen molar-refractivity contribution in [3.05, 3.63) is 59.4 Å². The van der Waals surface area contributed by atoms with Gasteiger partial charge in [0, 0.05) is 19.8 Å². The third-order valence-corrected chi connectivity index (χ3v) is 5.05. The van der Waals surface area contributed by atoms with Gasteiger partial charge in [-0.1, -0.05) is 30.3 Å². The lowest BCUT2D eigenvalue weighted by atomic mass is 9.88. The molecular weight excluding hydrogens is 298 g/mol. The summed E-state index contributed by atoms with van der Waals surface area (Å²) < 4.78 is 1.88. The van der Waals surface area contributed by atoms with E-state index < -0.39 is 0 Å². The molecule has 24 heavy (non-hydrogen) atoms. The van der Waals surface area contributed by atoms with Crippen molar-refractivity contribution >= 4 is 0 Å². The molecule has 1 atom stereocenters. The molecule has 3 rings (SSSR count). The van der Waals surface area contributed by atoms with Crippen molar-refractivity contribution in [2.45, 2.75) is 31.9 Å². The minimum Gasteiger partial charge on any atom is -0.392 e. The smallest absolute Gasteiger partial charge is 0.120 e. The SMILES string of the molecule is Cn1cc(CN2CCC([C@@H](O)Cc3ccccc3)CC2)cc1C#N. The Labute approximate surface area is 143 Å². The van der Waals surface area contributed by atoms with Crippen LogP contribution in [0.3, 0.4) is 0 Å². The molecule has 0 bridgehead atoms. The third-order valence-electron chi connectivity index (χ3n) is 5.05. The zero-order valence-corrected chi connectivity index (χ0v) is 14.2. The molecule has 4 heteroatoms. The van der Waals surface area contributed by atoms with E-state index in [0.717, 1.165) is 38.9 Å². The lowest BCUT2D eigenvalue weighted by Crippen LogP contribution is -2.38. The van der Waals surface area contributed by atoms with Gasteiger partial charge in [-0.3, -0.25) is 4.90 Å². The molecular formula is C20H25N3O. The molecule has 0 saturated carbocycles. The van der Waals surface area contributed by atoms with Crippen molar-refractivity contribution < 1.29 is 5.11 Å². The lowest BCUT2D eigenvalue weighted by molar-refractivity contribution is 0.0576. The first-order valence-electron chi connectivity index (χ1n) is 8.65. The second-order valence-corrected chi connectivity index (χ2v) is 6.83. The molecule has 0 spiro atoms. The monoisotopic (exact) mass is 323 g/mol. The lowest BCUT2D eigenvalue weighted by Gasteiger charge is -2.34. The number of nitriles is 1. The molecule has 1 aliphatic heterocycles. The third kappa shape index (κ3) is 4.05. The van der Waals surface area contributed by atoms with Crippen LogP contribution in [0.2, 0.25) is 0 Å². The minimum atomic E-state index is -0.253. The van der Waals surface area contributed by atoms with Crippen molar-refractivity contribution in [1.29, 1.82) is 5.26 Å². The Morgan fingerprint density at radius 2 is 1.92 bits per heavy atom. The Hall–Kier alpha value is -2.09. The normalized spacial score (nSPS) is 17.5. The average Bonchev–Trinajstić information content (AvgIpc) is 2.96. The number of benzene rings is 1. The predicted molar refractivity (Wildman–Crippen MR) is 94.3 cm³/mol. The van der Waals surface area contributed by atoms with E-state index in [-0.39, 0.29) is 6.10 Å². The predicted octanol–water partition coefficient (Wildman–Crippen LogP) is 2.71. The highest BCUT2D eigenvalue weighted by Gasteiger charge is 2.25. The fraction of sp³-hybridized carbons (Fsp3) is 0.450. The van der Waals surface area contributed by atoms with E-state index in [1.807, 2.05) is 42.1 Å². The molecule has 0 radical (unpaired) electrons. The quantitative estimate of drug-likeness (QED) is 0.920. The minimum absolute atomic E-state index is 0.253. The number of aryl methyl sites for hydroxylation is 1. The maximum atomic E-state index is 10.5. The summed E-state index contributed by atoms with van der Waals surface area (Å²) in [6, 6.07) is 14.4. The van der Waals surface area contributed by atoms with Crippen LogP contribution in [0.1, 0.15) is 29.7 Å². The van der Waals surface area contributed by atoms with Crippen molar-refractivity contribution in [3.63, 3.8) is 0 Å². The number of hydrogen-bond acceptors (Lipinski definition) is 3. The number of nitrogens with zero attached hydrogens (tertiary/aromatic N) is 3. The molecule has 0 amide bonds. The van der Waals surface area contributed by atoms with Crippen LogP contribution in [0, 0.1) is 17.2 Å². The molecule has 2 heterocycles. The average molecular weight is 323 g/mol. The van der Waals surface area contributed by atoms with Gasteiger partial charge in [0.15, 0.2) is 0 Å². The van der Waals surface area contributed by atoms with Crippen LogP contribution in [0.25, 0.3) is 0 Å². The molecule has 1 N–H and O–H groups in total. The van der Waals surface area contributed by atoms with Crippen LogP contribution < -0.4 is 0 Å². The highest BCUT2D eigenvalue weighted by Crippen LogP contribution is 2.24. The van der Waals surface area contributed by atoms with Crippen molar-refractivity contribution in [1.82, 2.24) is 9.47 Å². The molecule has 0 unspecified atom stereocenters. The number of aromatic nitrogens is 1. The first kappa shape index (κ1) is 16.8. The van der Waals surface area contributed by atoms with E-state index in [2.05, 4.69) is 23.1 Å². The Balaban J connectivity index is 1.49. The molecule has 4 nitrogen and oxygen atoms in total. The Morgan fingerprint density at radius 1 is 1.21 bits per heavy atom. The first-order chi connectivity index (χ1) is 11.7. The topological polar surface area (TPSA) is 52.2 Å². The molecule has 1 fully saturated rings. The highest BCUT2D eigenvalue weighted by molar-refractivity contribution is 5.28. The van der Waals surface area contributed by atoms with Gasteiger partial charge in [-0.05, 0) is 55.5 Å². The zero-order valence-electron chi connectivity index (χ0n) is 14.2. The van der Waals surface area contributed by atoms with E-state index in [1.165, 1.54) is 11.1 Å². The van der Waals surface area contributed by atoms with Gasteiger partial charge in [0.1, 0.15) is 11.8 Å². The summed E-state index contributed by atoms with van der Waals surface area (Å²) in [4.78, 5) is 2.42. The largest absolute Gasteiger partial charge is 0.392 e. The highest BCUT2D eigenvalue weighted by atomic mass is 16.3. The van der Waals surface area contributed by atoms with E-state index in [0.29, 0.717) is 11.6 Å². The van der Waals surface area contributed by atoms with E-state index in [1.54, 1.807) is 0 Å². The maximum Gasteiger partial charge on any atom is 0.120 e. The Kier molecular flexibility index (Phi) is 5.34. The summed E-state index contributed by atoms with van der Waals surface area (Å²) in [6.45, 7) is 2.90. The Morgan fingerprint density at radius 3 is 2.54 bits per heavy atom. The molecule has 1 aliphatic rings. The summed E-state index contributed by atoms with van der Waals surface area (Å²) in [5.41, 5.74) is 3.11. The number of likely N-dealkylation sites (tertiary alicyclic amines) is 1. The van der Waals surface area contributed by atoms with Crippen LogP contribution >= 0.6 is 0 Å². The van der Waals surface area contributed by atoms with Gasteiger partial charge in [-0.2, -0.15) is 5.26 Å². The summed E-state index contributed by atoms with van der Waals surface area (Å²) >= 11 is 0. The fourth-order valence-electron chi connectivity index (χ4n) is 3.61. The fourth-order valence-corrected chi connectivity index (χ4v) is 3.61. The van der Waals surface area contributed by atoms with Crippen LogP contribution in [-0.2, 0) is 20.0 Å². The van der Waals surface area contributed by atoms with E-state index in [4.69, 9.17) is 5.26 Å². The van der Waals surface area contributed by atoms with Gasteiger partial charge >= 0.3 is 0 Å². The van der Waals surface area contributed by atoms with Crippen molar-refractivity contribution in [3.8, 4) is 6.07 Å². The summed E-state index contributed by atoms with van der Waals surface area (Å²) in [7, 11) is 1.91. The van der Waals surface area contributed by atoms with E-state index in [9.17, 15) is 5.11 Å². The van der Waals surface area contributed by atoms with Crippen LogP contribution in [-0.4, -0.2) is 33.8 Å². The second-order valence-electron chi connectivity index (χ2n) is 6.83. The molecule has 0 aliphatic carbocycles. The summed E-state index contributed by atoms with van der Waals surface area (Å²) in [6.07, 6.45) is 4.60. The second kappa shape index (κ2) is 7.65. The number of aliphatic hydroxyl groups is 1. The van der Waals surface area contributed by atoms with Gasteiger partial charge < -0.3 is 9.67 Å². The van der Waals surface area contributed by atoms with Crippen LogP contribution in [0.5, 0.6) is 0 Å². The van der Waals surface area contributed by atoms with Gasteiger partial charge in [-0.25, -0.2) is 0 Å².